The molecule has 32 heavy (non-hydrogen) atoms. The van der Waals surface area contributed by atoms with Crippen LogP contribution >= 0.6 is 11.3 Å². The van der Waals surface area contributed by atoms with E-state index in [2.05, 4.69) is 39.5 Å². The quantitative estimate of drug-likeness (QED) is 0.452. The van der Waals surface area contributed by atoms with Gasteiger partial charge in [-0.25, -0.2) is 9.97 Å². The van der Waals surface area contributed by atoms with Gasteiger partial charge in [0, 0.05) is 37.4 Å². The molecule has 1 unspecified atom stereocenters. The molecular weight excluding hydrogens is 418 g/mol. The summed E-state index contributed by atoms with van der Waals surface area (Å²) in [6.45, 7) is 2.45. The number of carbonyl (C=O) groups excluding carboxylic acids is 1. The summed E-state index contributed by atoms with van der Waals surface area (Å²) in [6.07, 6.45) is 1.70. The van der Waals surface area contributed by atoms with Gasteiger partial charge in [0.2, 0.25) is 5.78 Å². The molecule has 0 radical (unpaired) electrons. The summed E-state index contributed by atoms with van der Waals surface area (Å²) < 4.78 is 0. The number of piperazine rings is 1. The fourth-order valence-corrected chi connectivity index (χ4v) is 4.64. The molecule has 7 heteroatoms. The van der Waals surface area contributed by atoms with Gasteiger partial charge in [0.15, 0.2) is 0 Å². The monoisotopic (exact) mass is 441 g/mol. The largest absolute Gasteiger partial charge is 0.383 e. The first-order valence-corrected chi connectivity index (χ1v) is 11.5. The molecule has 3 N–H and O–H groups in total. The number of nitrogen functional groups attached to an aromatic ring is 1. The van der Waals surface area contributed by atoms with Crippen LogP contribution in [-0.2, 0) is 0 Å². The van der Waals surface area contributed by atoms with Crippen molar-refractivity contribution in [3.8, 4) is 11.1 Å². The molecule has 0 spiro atoms. The third-order valence-electron chi connectivity index (χ3n) is 5.69. The lowest BCUT2D eigenvalue weighted by atomic mass is 10.0. The molecule has 0 bridgehead atoms. The number of benzene rings is 1. The minimum absolute atomic E-state index is 0.215. The summed E-state index contributed by atoms with van der Waals surface area (Å²) in [6, 6.07) is 20.0. The normalized spacial score (nSPS) is 16.1. The highest BCUT2D eigenvalue weighted by molar-refractivity contribution is 7.08. The molecule has 6 nitrogen and oxygen atoms in total. The van der Waals surface area contributed by atoms with Crippen LogP contribution in [0.2, 0.25) is 0 Å². The number of thiophene rings is 1. The third-order valence-corrected chi connectivity index (χ3v) is 6.37. The number of ketones is 1. The summed E-state index contributed by atoms with van der Waals surface area (Å²) in [5.74, 6) is 0.787. The van der Waals surface area contributed by atoms with Crippen LogP contribution in [0.5, 0.6) is 0 Å². The van der Waals surface area contributed by atoms with E-state index in [1.807, 2.05) is 35.0 Å². The molecule has 4 aromatic rings. The molecule has 4 heterocycles. The molecule has 160 valence electrons. The van der Waals surface area contributed by atoms with E-state index in [9.17, 15) is 4.79 Å². The Balaban J connectivity index is 1.41. The summed E-state index contributed by atoms with van der Waals surface area (Å²) in [5.41, 5.74) is 9.95. The lowest BCUT2D eigenvalue weighted by Crippen LogP contribution is -2.46. The Morgan fingerprint density at radius 2 is 1.97 bits per heavy atom. The number of nitrogens with one attached hydrogen (secondary N) is 1. The van der Waals surface area contributed by atoms with Crippen molar-refractivity contribution in [1.82, 2.24) is 15.3 Å². The van der Waals surface area contributed by atoms with E-state index in [1.165, 1.54) is 5.56 Å². The second kappa shape index (κ2) is 8.90. The standard InChI is InChI=1S/C25H23N5OS/c26-25-20(13-19(14-28-25)18-9-12-32-16-18)24(31)21-7-4-8-23(29-21)30-11-10-27-22(15-30)17-5-2-1-3-6-17/h1-9,12-14,16,22,27H,10-11,15H2,(H2,26,28). The highest BCUT2D eigenvalue weighted by atomic mass is 32.1. The topological polar surface area (TPSA) is 84.1 Å². The molecule has 0 aliphatic carbocycles. The van der Waals surface area contributed by atoms with Crippen molar-refractivity contribution in [2.75, 3.05) is 30.3 Å². The SMILES string of the molecule is Nc1ncc(-c2ccsc2)cc1C(=O)c1cccc(N2CCNC(c3ccccc3)C2)n1. The highest BCUT2D eigenvalue weighted by Gasteiger charge is 2.23. The van der Waals surface area contributed by atoms with Gasteiger partial charge < -0.3 is 16.0 Å². The molecule has 1 aliphatic heterocycles. The van der Waals surface area contributed by atoms with E-state index >= 15 is 0 Å². The molecule has 1 saturated heterocycles. The van der Waals surface area contributed by atoms with Gasteiger partial charge in [-0.3, -0.25) is 4.79 Å². The fraction of sp³-hybridized carbons (Fsp3) is 0.160. The lowest BCUT2D eigenvalue weighted by Gasteiger charge is -2.35. The van der Waals surface area contributed by atoms with E-state index in [0.717, 1.165) is 36.6 Å². The van der Waals surface area contributed by atoms with Crippen LogP contribution in [0.25, 0.3) is 11.1 Å². The Hall–Kier alpha value is -3.55. The summed E-state index contributed by atoms with van der Waals surface area (Å²) >= 11 is 1.60. The molecule has 1 fully saturated rings. The minimum atomic E-state index is -0.219. The number of aromatic nitrogens is 2. The zero-order valence-electron chi connectivity index (χ0n) is 17.4. The number of nitrogens with two attached hydrogens (primary N) is 1. The number of anilines is 2. The van der Waals surface area contributed by atoms with Gasteiger partial charge in [0.1, 0.15) is 17.3 Å². The second-order valence-electron chi connectivity index (χ2n) is 7.74. The molecule has 1 atom stereocenters. The van der Waals surface area contributed by atoms with E-state index in [4.69, 9.17) is 10.7 Å². The molecule has 0 saturated carbocycles. The van der Waals surface area contributed by atoms with Crippen molar-refractivity contribution in [1.29, 1.82) is 0 Å². The molecular formula is C25H23N5OS. The Morgan fingerprint density at radius 3 is 2.78 bits per heavy atom. The van der Waals surface area contributed by atoms with E-state index < -0.39 is 0 Å². The molecule has 5 rings (SSSR count). The number of hydrogen-bond acceptors (Lipinski definition) is 7. The Morgan fingerprint density at radius 1 is 1.09 bits per heavy atom. The van der Waals surface area contributed by atoms with Gasteiger partial charge in [-0.1, -0.05) is 36.4 Å². The van der Waals surface area contributed by atoms with E-state index in [0.29, 0.717) is 11.3 Å². The van der Waals surface area contributed by atoms with Crippen molar-refractivity contribution in [2.45, 2.75) is 6.04 Å². The zero-order valence-corrected chi connectivity index (χ0v) is 18.3. The van der Waals surface area contributed by atoms with E-state index in [1.54, 1.807) is 29.7 Å². The van der Waals surface area contributed by atoms with Crippen molar-refractivity contribution < 1.29 is 4.79 Å². The van der Waals surface area contributed by atoms with Gasteiger partial charge in [-0.05, 0) is 46.2 Å². The fourth-order valence-electron chi connectivity index (χ4n) is 3.97. The van der Waals surface area contributed by atoms with Crippen LogP contribution in [0, 0.1) is 0 Å². The van der Waals surface area contributed by atoms with Crippen molar-refractivity contribution >= 4 is 28.8 Å². The van der Waals surface area contributed by atoms with Crippen LogP contribution in [0.3, 0.4) is 0 Å². The number of carbonyl (C=O) groups is 1. The van der Waals surface area contributed by atoms with Gasteiger partial charge in [-0.2, -0.15) is 11.3 Å². The smallest absolute Gasteiger partial charge is 0.215 e. The average molecular weight is 442 g/mol. The van der Waals surface area contributed by atoms with Gasteiger partial charge in [0.05, 0.1) is 5.56 Å². The number of hydrogen-bond donors (Lipinski definition) is 2. The third kappa shape index (κ3) is 4.12. The minimum Gasteiger partial charge on any atom is -0.383 e. The Bertz CT molecular complexity index is 1230. The first-order valence-electron chi connectivity index (χ1n) is 10.5. The molecule has 1 aromatic carbocycles. The van der Waals surface area contributed by atoms with Crippen LogP contribution < -0.4 is 16.0 Å². The van der Waals surface area contributed by atoms with Crippen LogP contribution in [0.1, 0.15) is 27.7 Å². The first-order chi connectivity index (χ1) is 15.7. The molecule has 1 aliphatic rings. The van der Waals surface area contributed by atoms with Gasteiger partial charge in [0.25, 0.3) is 0 Å². The number of pyridine rings is 2. The highest BCUT2D eigenvalue weighted by Crippen LogP contribution is 2.26. The van der Waals surface area contributed by atoms with Crippen LogP contribution in [0.4, 0.5) is 11.6 Å². The number of nitrogens with zero attached hydrogens (tertiary/aromatic N) is 3. The number of rotatable bonds is 5. The summed E-state index contributed by atoms with van der Waals surface area (Å²) in [4.78, 5) is 24.5. The predicted octanol–water partition coefficient (Wildman–Crippen LogP) is 4.17. The van der Waals surface area contributed by atoms with Gasteiger partial charge >= 0.3 is 0 Å². The van der Waals surface area contributed by atoms with Crippen molar-refractivity contribution in [3.63, 3.8) is 0 Å². The summed E-state index contributed by atoms with van der Waals surface area (Å²) in [5, 5.41) is 7.58. The summed E-state index contributed by atoms with van der Waals surface area (Å²) in [7, 11) is 0. The molecule has 3 aromatic heterocycles. The van der Waals surface area contributed by atoms with E-state index in [-0.39, 0.29) is 17.6 Å². The lowest BCUT2D eigenvalue weighted by molar-refractivity contribution is 0.103. The van der Waals surface area contributed by atoms with Crippen LogP contribution in [-0.4, -0.2) is 35.4 Å². The van der Waals surface area contributed by atoms with Crippen molar-refractivity contribution in [2.24, 2.45) is 0 Å². The molecule has 0 amide bonds. The average Bonchev–Trinajstić information content (AvgIpc) is 3.40. The van der Waals surface area contributed by atoms with Crippen LogP contribution in [0.15, 0.2) is 77.6 Å². The second-order valence-corrected chi connectivity index (χ2v) is 8.52. The maximum atomic E-state index is 13.3. The van der Waals surface area contributed by atoms with Crippen molar-refractivity contribution in [3.05, 3.63) is 94.4 Å². The first kappa shape index (κ1) is 20.4. The van der Waals surface area contributed by atoms with Gasteiger partial charge in [-0.15, -0.1) is 0 Å². The predicted molar refractivity (Wildman–Crippen MR) is 129 cm³/mol. The maximum Gasteiger partial charge on any atom is 0.215 e. The zero-order chi connectivity index (χ0) is 21.9. The Kier molecular flexibility index (Phi) is 5.66. The Labute approximate surface area is 190 Å². The maximum absolute atomic E-state index is 13.3.